The summed E-state index contributed by atoms with van der Waals surface area (Å²) in [7, 11) is 1.51. The number of anilines is 2. The number of methoxy groups -OCH3 is 1. The van der Waals surface area contributed by atoms with Crippen molar-refractivity contribution in [3.8, 4) is 11.5 Å². The molecule has 1 saturated carbocycles. The molecule has 3 aromatic rings. The van der Waals surface area contributed by atoms with Crippen LogP contribution in [0.5, 0.6) is 11.5 Å². The van der Waals surface area contributed by atoms with Crippen LogP contribution in [0.15, 0.2) is 30.5 Å². The Kier molecular flexibility index (Phi) is 5.19. The van der Waals surface area contributed by atoms with Gasteiger partial charge in [-0.1, -0.05) is 0 Å². The Bertz CT molecular complexity index is 1100. The minimum atomic E-state index is -0.444. The quantitative estimate of drug-likeness (QED) is 0.647. The number of rotatable bonds is 6. The summed E-state index contributed by atoms with van der Waals surface area (Å²) < 4.78 is 19.3. The summed E-state index contributed by atoms with van der Waals surface area (Å²) in [5, 5.41) is 5.29. The summed E-state index contributed by atoms with van der Waals surface area (Å²) in [4.78, 5) is 22.0. The number of pyridine rings is 1. The van der Waals surface area contributed by atoms with Crippen molar-refractivity contribution in [2.24, 2.45) is 0 Å². The fourth-order valence-electron chi connectivity index (χ4n) is 3.60. The van der Waals surface area contributed by atoms with Gasteiger partial charge in [0.1, 0.15) is 11.3 Å². The van der Waals surface area contributed by atoms with E-state index in [1.807, 2.05) is 13.0 Å². The molecule has 0 amide bonds. The Labute approximate surface area is 180 Å². The summed E-state index contributed by atoms with van der Waals surface area (Å²) in [5.74, 6) is 1.86. The second-order valence-corrected chi connectivity index (χ2v) is 7.93. The van der Waals surface area contributed by atoms with E-state index in [2.05, 4.69) is 15.2 Å². The second-order valence-electron chi connectivity index (χ2n) is 7.93. The van der Waals surface area contributed by atoms with Crippen molar-refractivity contribution in [1.29, 1.82) is 0 Å². The molecule has 1 aromatic carbocycles. The van der Waals surface area contributed by atoms with Crippen LogP contribution < -0.4 is 19.8 Å². The molecular weight excluding hydrogens is 399 g/mol. The maximum absolute atomic E-state index is 14.2. The number of nitrogens with one attached hydrogen (secondary N) is 1. The van der Waals surface area contributed by atoms with Crippen LogP contribution in [0.1, 0.15) is 18.5 Å². The molecule has 1 aliphatic heterocycles. The highest BCUT2D eigenvalue weighted by atomic mass is 19.1. The number of benzene rings is 1. The summed E-state index contributed by atoms with van der Waals surface area (Å²) >= 11 is 0. The van der Waals surface area contributed by atoms with Crippen LogP contribution >= 0.6 is 0 Å². The molecule has 0 unspecified atom stereocenters. The predicted octanol–water partition coefficient (Wildman–Crippen LogP) is 3.17. The van der Waals surface area contributed by atoms with Crippen LogP contribution in [0.2, 0.25) is 0 Å². The molecule has 0 atom stereocenters. The third-order valence-electron chi connectivity index (χ3n) is 5.49. The number of ether oxygens (including phenoxy) is 1. The highest BCUT2D eigenvalue weighted by molar-refractivity contribution is 5.80. The first-order valence-corrected chi connectivity index (χ1v) is 10.5. The summed E-state index contributed by atoms with van der Waals surface area (Å²) in [5.41, 5.74) is 2.54. The van der Waals surface area contributed by atoms with Crippen LogP contribution in [0.3, 0.4) is 0 Å². The highest BCUT2D eigenvalue weighted by Gasteiger charge is 2.27. The van der Waals surface area contributed by atoms with Crippen molar-refractivity contribution in [2.45, 2.75) is 25.8 Å². The van der Waals surface area contributed by atoms with Crippen molar-refractivity contribution >= 4 is 22.7 Å². The molecule has 2 aromatic heterocycles. The smallest absolute Gasteiger partial charge is 0.183 e. The molecule has 2 aliphatic rings. The molecular formula is C22H25FN6O2. The van der Waals surface area contributed by atoms with Gasteiger partial charge >= 0.3 is 0 Å². The monoisotopic (exact) mass is 424 g/mol. The van der Waals surface area contributed by atoms with Gasteiger partial charge in [0, 0.05) is 30.9 Å². The molecule has 0 radical (unpaired) electrons. The molecule has 162 valence electrons. The summed E-state index contributed by atoms with van der Waals surface area (Å²) in [6, 6.07) is 7.02. The Morgan fingerprint density at radius 2 is 1.87 bits per heavy atom. The number of aromatic nitrogens is 3. The zero-order chi connectivity index (χ0) is 21.4. The molecule has 31 heavy (non-hydrogen) atoms. The predicted molar refractivity (Wildman–Crippen MR) is 116 cm³/mol. The van der Waals surface area contributed by atoms with Gasteiger partial charge in [-0.2, -0.15) is 0 Å². The average Bonchev–Trinajstić information content (AvgIpc) is 3.59. The van der Waals surface area contributed by atoms with Gasteiger partial charge in [0.25, 0.3) is 0 Å². The zero-order valence-corrected chi connectivity index (χ0v) is 17.6. The Morgan fingerprint density at radius 3 is 2.58 bits per heavy atom. The van der Waals surface area contributed by atoms with Gasteiger partial charge in [0.05, 0.1) is 31.9 Å². The molecule has 3 heterocycles. The Morgan fingerprint density at radius 1 is 1.06 bits per heavy atom. The highest BCUT2D eigenvalue weighted by Crippen LogP contribution is 2.31. The van der Waals surface area contributed by atoms with Gasteiger partial charge in [-0.15, -0.1) is 5.06 Å². The van der Waals surface area contributed by atoms with E-state index in [0.29, 0.717) is 38.0 Å². The SMILES string of the molecule is COc1ccc(ON2CCN(c3nc4cnc(C)cc4nc3NC3CC3)CC2)c(F)c1. The Hall–Kier alpha value is -3.20. The van der Waals surface area contributed by atoms with Crippen LogP contribution in [0.4, 0.5) is 16.0 Å². The number of piperazine rings is 1. The lowest BCUT2D eigenvalue weighted by Gasteiger charge is -2.35. The van der Waals surface area contributed by atoms with Crippen LogP contribution in [-0.4, -0.2) is 59.3 Å². The fraction of sp³-hybridized carbons (Fsp3) is 0.409. The van der Waals surface area contributed by atoms with Crippen molar-refractivity contribution in [3.05, 3.63) is 42.0 Å². The number of hydroxylamine groups is 2. The fourth-order valence-corrected chi connectivity index (χ4v) is 3.60. The van der Waals surface area contributed by atoms with Crippen LogP contribution in [-0.2, 0) is 0 Å². The molecule has 9 heteroatoms. The van der Waals surface area contributed by atoms with E-state index in [1.54, 1.807) is 23.4 Å². The maximum atomic E-state index is 14.2. The van der Waals surface area contributed by atoms with E-state index >= 15 is 0 Å². The lowest BCUT2D eigenvalue weighted by molar-refractivity contribution is -0.0650. The van der Waals surface area contributed by atoms with Gasteiger partial charge in [-0.05, 0) is 38.0 Å². The van der Waals surface area contributed by atoms with Gasteiger partial charge < -0.3 is 19.8 Å². The first-order chi connectivity index (χ1) is 15.1. The normalized spacial score (nSPS) is 17.1. The van der Waals surface area contributed by atoms with Gasteiger partial charge in [0.2, 0.25) is 0 Å². The van der Waals surface area contributed by atoms with Crippen LogP contribution in [0, 0.1) is 12.7 Å². The van der Waals surface area contributed by atoms with E-state index in [0.717, 1.165) is 41.2 Å². The first kappa shape index (κ1) is 19.7. The number of halogens is 1. The summed E-state index contributed by atoms with van der Waals surface area (Å²) in [6.45, 7) is 4.56. The molecule has 0 spiro atoms. The standard InChI is InChI=1S/C22H25FN6O2/c1-14-11-18-19(13-24-14)27-22(21(26-18)25-15-3-4-15)28-7-9-29(10-8-28)31-20-6-5-16(30-2)12-17(20)23/h5-6,11-13,15H,3-4,7-10H2,1-2H3,(H,25,26). The number of nitrogens with zero attached hydrogens (tertiary/aromatic N) is 5. The third-order valence-corrected chi connectivity index (χ3v) is 5.49. The van der Waals surface area contributed by atoms with E-state index in [9.17, 15) is 4.39 Å². The number of aryl methyl sites for hydroxylation is 1. The molecule has 2 fully saturated rings. The van der Waals surface area contributed by atoms with Crippen molar-refractivity contribution in [3.63, 3.8) is 0 Å². The van der Waals surface area contributed by atoms with E-state index in [4.69, 9.17) is 19.5 Å². The minimum Gasteiger partial charge on any atom is -0.497 e. The topological polar surface area (TPSA) is 75.6 Å². The van der Waals surface area contributed by atoms with Crippen molar-refractivity contribution < 1.29 is 14.0 Å². The average molecular weight is 424 g/mol. The van der Waals surface area contributed by atoms with Gasteiger partial charge in [-0.25, -0.2) is 14.4 Å². The lowest BCUT2D eigenvalue weighted by Crippen LogP contribution is -2.48. The van der Waals surface area contributed by atoms with E-state index in [1.165, 1.54) is 13.2 Å². The molecule has 8 nitrogen and oxygen atoms in total. The van der Waals surface area contributed by atoms with Crippen molar-refractivity contribution in [2.75, 3.05) is 43.5 Å². The molecule has 1 saturated heterocycles. The number of hydrogen-bond donors (Lipinski definition) is 1. The van der Waals surface area contributed by atoms with Crippen LogP contribution in [0.25, 0.3) is 11.0 Å². The number of hydrogen-bond acceptors (Lipinski definition) is 8. The van der Waals surface area contributed by atoms with E-state index < -0.39 is 5.82 Å². The Balaban J connectivity index is 1.32. The lowest BCUT2D eigenvalue weighted by atomic mass is 10.3. The molecule has 1 N–H and O–H groups in total. The van der Waals surface area contributed by atoms with Crippen molar-refractivity contribution in [1.82, 2.24) is 20.0 Å². The molecule has 0 bridgehead atoms. The largest absolute Gasteiger partial charge is 0.497 e. The summed E-state index contributed by atoms with van der Waals surface area (Å²) in [6.07, 6.45) is 4.08. The maximum Gasteiger partial charge on any atom is 0.183 e. The van der Waals surface area contributed by atoms with Gasteiger partial charge in [0.15, 0.2) is 23.2 Å². The zero-order valence-electron chi connectivity index (χ0n) is 17.6. The molecule has 5 rings (SSSR count). The minimum absolute atomic E-state index is 0.192. The third kappa shape index (κ3) is 4.32. The molecule has 1 aliphatic carbocycles. The van der Waals surface area contributed by atoms with Gasteiger partial charge in [-0.3, -0.25) is 4.98 Å². The van der Waals surface area contributed by atoms with E-state index in [-0.39, 0.29) is 5.75 Å². The second kappa shape index (κ2) is 8.14. The first-order valence-electron chi connectivity index (χ1n) is 10.5. The number of fused-ring (bicyclic) bond motifs is 1.